The Bertz CT molecular complexity index is 1020. The van der Waals surface area contributed by atoms with Crippen LogP contribution in [-0.2, 0) is 16.0 Å². The van der Waals surface area contributed by atoms with Crippen LogP contribution in [0.4, 0.5) is 4.39 Å². The minimum absolute atomic E-state index is 0.0883. The summed E-state index contributed by atoms with van der Waals surface area (Å²) in [6.45, 7) is 0. The van der Waals surface area contributed by atoms with Gasteiger partial charge in [0.1, 0.15) is 16.7 Å². The normalized spacial score (nSPS) is 23.1. The van der Waals surface area contributed by atoms with Crippen molar-refractivity contribution in [2.45, 2.75) is 50.2 Å². The maximum atomic E-state index is 14.7. The van der Waals surface area contributed by atoms with E-state index in [9.17, 15) is 19.2 Å². The smallest absolute Gasteiger partial charge is 0.348 e. The van der Waals surface area contributed by atoms with E-state index in [4.69, 9.17) is 4.74 Å². The summed E-state index contributed by atoms with van der Waals surface area (Å²) >= 11 is 1.23. The number of rotatable bonds is 6. The molecule has 2 fully saturated rings. The van der Waals surface area contributed by atoms with Gasteiger partial charge in [0.2, 0.25) is 5.91 Å². The number of nitriles is 1. The van der Waals surface area contributed by atoms with Crippen molar-refractivity contribution in [1.29, 1.82) is 5.26 Å². The highest BCUT2D eigenvalue weighted by Gasteiger charge is 2.37. The van der Waals surface area contributed by atoms with E-state index < -0.39 is 17.8 Å². The fraction of sp³-hybridized carbons (Fsp3) is 0.435. The number of amides is 1. The first-order valence-electron chi connectivity index (χ1n) is 10.4. The number of nitrogens with one attached hydrogen (secondary N) is 2. The number of halogens is 1. The van der Waals surface area contributed by atoms with E-state index in [0.29, 0.717) is 28.0 Å². The summed E-state index contributed by atoms with van der Waals surface area (Å²) in [7, 11) is 1.31. The molecule has 0 radical (unpaired) electrons. The van der Waals surface area contributed by atoms with Crippen LogP contribution in [0.25, 0.3) is 11.1 Å². The van der Waals surface area contributed by atoms with Crippen LogP contribution in [-0.4, -0.2) is 37.1 Å². The van der Waals surface area contributed by atoms with Gasteiger partial charge in [0, 0.05) is 12.5 Å². The average molecular weight is 442 g/mol. The predicted octanol–water partition coefficient (Wildman–Crippen LogP) is 3.42. The van der Waals surface area contributed by atoms with Gasteiger partial charge in [-0.2, -0.15) is 5.26 Å². The van der Waals surface area contributed by atoms with E-state index in [2.05, 4.69) is 16.7 Å². The number of ether oxygens (including phenoxy) is 1. The van der Waals surface area contributed by atoms with Crippen molar-refractivity contribution in [3.05, 3.63) is 45.9 Å². The van der Waals surface area contributed by atoms with E-state index in [1.54, 1.807) is 23.6 Å². The number of carbonyl (C=O) groups is 2. The molecule has 1 unspecified atom stereocenters. The van der Waals surface area contributed by atoms with Crippen LogP contribution < -0.4 is 10.6 Å². The van der Waals surface area contributed by atoms with Crippen molar-refractivity contribution in [2.75, 3.05) is 7.11 Å². The van der Waals surface area contributed by atoms with Gasteiger partial charge < -0.3 is 15.4 Å². The molecule has 2 heterocycles. The monoisotopic (exact) mass is 441 g/mol. The molecule has 8 heteroatoms. The summed E-state index contributed by atoms with van der Waals surface area (Å²) in [4.78, 5) is 24.7. The summed E-state index contributed by atoms with van der Waals surface area (Å²) in [6.07, 6.45) is 4.24. The van der Waals surface area contributed by atoms with E-state index in [-0.39, 0.29) is 18.4 Å². The van der Waals surface area contributed by atoms with Crippen LogP contribution in [0.2, 0.25) is 0 Å². The minimum Gasteiger partial charge on any atom is -0.465 e. The van der Waals surface area contributed by atoms with Crippen LogP contribution in [0.1, 0.15) is 40.9 Å². The molecule has 2 aromatic rings. The lowest BCUT2D eigenvalue weighted by Crippen LogP contribution is -2.52. The van der Waals surface area contributed by atoms with E-state index >= 15 is 0 Å². The summed E-state index contributed by atoms with van der Waals surface area (Å²) in [5, 5.41) is 17.4. The Morgan fingerprint density at radius 3 is 2.87 bits per heavy atom. The zero-order chi connectivity index (χ0) is 22.0. The molecule has 31 heavy (non-hydrogen) atoms. The second-order valence-corrected chi connectivity index (χ2v) is 9.13. The number of methoxy groups -OCH3 is 1. The zero-order valence-electron chi connectivity index (χ0n) is 17.2. The largest absolute Gasteiger partial charge is 0.465 e. The second kappa shape index (κ2) is 9.16. The number of esters is 1. The molecule has 1 aromatic carbocycles. The summed E-state index contributed by atoms with van der Waals surface area (Å²) in [6, 6.07) is 7.79. The lowest BCUT2D eigenvalue weighted by molar-refractivity contribution is -0.124. The number of thiophene rings is 1. The Labute approximate surface area is 184 Å². The standard InChI is InChI=1S/C23H24FN3O3S/c1-30-23(29)21-10-16(12-31-21)14-3-4-15(19(24)9-14)8-18(11-25)27-22(28)20-7-13-2-5-17(6-13)26-20/h3-4,9-10,12-13,17-18,20,26H,2,5-8H2,1H3,(H,27,28)/t13?,17-,18-,20-/m0/s1. The van der Waals surface area contributed by atoms with Crippen LogP contribution in [0.5, 0.6) is 0 Å². The molecule has 4 rings (SSSR count). The Morgan fingerprint density at radius 1 is 1.32 bits per heavy atom. The van der Waals surface area contributed by atoms with Gasteiger partial charge in [-0.1, -0.05) is 12.1 Å². The SMILES string of the molecule is COC(=O)c1cc(-c2ccc(C[C@@H](C#N)NC(=O)[C@@H]3CC4CC[C@@H](C4)N3)c(F)c2)cs1. The number of hydrogen-bond acceptors (Lipinski definition) is 6. The van der Waals surface area contributed by atoms with Gasteiger partial charge in [0.05, 0.1) is 19.2 Å². The quantitative estimate of drug-likeness (QED) is 0.671. The fourth-order valence-electron chi connectivity index (χ4n) is 4.52. The molecule has 1 aromatic heterocycles. The van der Waals surface area contributed by atoms with Crippen molar-refractivity contribution < 1.29 is 18.7 Å². The maximum Gasteiger partial charge on any atom is 0.348 e. The van der Waals surface area contributed by atoms with Gasteiger partial charge in [-0.15, -0.1) is 11.3 Å². The Morgan fingerprint density at radius 2 is 2.16 bits per heavy atom. The van der Waals surface area contributed by atoms with Crippen molar-refractivity contribution in [2.24, 2.45) is 5.92 Å². The fourth-order valence-corrected chi connectivity index (χ4v) is 5.35. The van der Waals surface area contributed by atoms with Gasteiger partial charge in [0.15, 0.2) is 0 Å². The average Bonchev–Trinajstić information content (AvgIpc) is 3.40. The van der Waals surface area contributed by atoms with E-state index in [1.807, 2.05) is 0 Å². The van der Waals surface area contributed by atoms with Gasteiger partial charge in [-0.3, -0.25) is 4.79 Å². The molecule has 2 bridgehead atoms. The van der Waals surface area contributed by atoms with Crippen LogP contribution in [0, 0.1) is 23.1 Å². The third kappa shape index (κ3) is 4.78. The molecule has 1 aliphatic heterocycles. The van der Waals surface area contributed by atoms with Crippen molar-refractivity contribution >= 4 is 23.2 Å². The first kappa shape index (κ1) is 21.5. The molecule has 4 atom stereocenters. The predicted molar refractivity (Wildman–Crippen MR) is 115 cm³/mol. The molecular weight excluding hydrogens is 417 g/mol. The molecule has 2 N–H and O–H groups in total. The molecule has 6 nitrogen and oxygen atoms in total. The molecule has 1 amide bonds. The maximum absolute atomic E-state index is 14.7. The summed E-state index contributed by atoms with van der Waals surface area (Å²) in [5.74, 6) is -0.494. The number of benzene rings is 1. The van der Waals surface area contributed by atoms with Gasteiger partial charge in [0.25, 0.3) is 0 Å². The summed E-state index contributed by atoms with van der Waals surface area (Å²) < 4.78 is 19.4. The van der Waals surface area contributed by atoms with Crippen molar-refractivity contribution in [1.82, 2.24) is 10.6 Å². The van der Waals surface area contributed by atoms with Crippen LogP contribution in [0.15, 0.2) is 29.6 Å². The molecule has 162 valence electrons. The third-order valence-electron chi connectivity index (χ3n) is 6.13. The number of carbonyl (C=O) groups excluding carboxylic acids is 2. The minimum atomic E-state index is -0.804. The van der Waals surface area contributed by atoms with Crippen LogP contribution in [0.3, 0.4) is 0 Å². The molecule has 0 spiro atoms. The van der Waals surface area contributed by atoms with Gasteiger partial charge in [-0.05, 0) is 65.8 Å². The first-order chi connectivity index (χ1) is 15.0. The first-order valence-corrected chi connectivity index (χ1v) is 11.3. The van der Waals surface area contributed by atoms with Crippen molar-refractivity contribution in [3.63, 3.8) is 0 Å². The molecule has 1 saturated heterocycles. The molecule has 2 aliphatic rings. The van der Waals surface area contributed by atoms with Crippen LogP contribution >= 0.6 is 11.3 Å². The Balaban J connectivity index is 1.40. The molecule has 1 saturated carbocycles. The lowest BCUT2D eigenvalue weighted by Gasteiger charge is -2.29. The topological polar surface area (TPSA) is 91.2 Å². The van der Waals surface area contributed by atoms with E-state index in [0.717, 1.165) is 31.2 Å². The molecule has 1 aliphatic carbocycles. The van der Waals surface area contributed by atoms with Gasteiger partial charge >= 0.3 is 5.97 Å². The number of piperidine rings is 1. The Hall–Kier alpha value is -2.76. The highest BCUT2D eigenvalue weighted by Crippen LogP contribution is 2.34. The summed E-state index contributed by atoms with van der Waals surface area (Å²) in [5.41, 5.74) is 1.71. The second-order valence-electron chi connectivity index (χ2n) is 8.22. The Kier molecular flexibility index (Phi) is 6.35. The highest BCUT2D eigenvalue weighted by atomic mass is 32.1. The molecular formula is C23H24FN3O3S. The van der Waals surface area contributed by atoms with Gasteiger partial charge in [-0.25, -0.2) is 9.18 Å². The van der Waals surface area contributed by atoms with Crippen molar-refractivity contribution in [3.8, 4) is 17.2 Å². The third-order valence-corrected chi connectivity index (χ3v) is 7.04. The number of fused-ring (bicyclic) bond motifs is 2. The van der Waals surface area contributed by atoms with E-state index in [1.165, 1.54) is 24.5 Å². The number of hydrogen-bond donors (Lipinski definition) is 2. The zero-order valence-corrected chi connectivity index (χ0v) is 18.0. The lowest BCUT2D eigenvalue weighted by atomic mass is 9.93. The highest BCUT2D eigenvalue weighted by molar-refractivity contribution is 7.12. The number of nitrogens with zero attached hydrogens (tertiary/aromatic N) is 1.